The molecule has 4 heteroatoms. The lowest BCUT2D eigenvalue weighted by atomic mass is 10.1. The summed E-state index contributed by atoms with van der Waals surface area (Å²) < 4.78 is 6.22. The second kappa shape index (κ2) is 6.57. The first kappa shape index (κ1) is 13.9. The third-order valence-electron chi connectivity index (χ3n) is 2.11. The number of ketones is 1. The van der Waals surface area contributed by atoms with E-state index in [1.54, 1.807) is 12.1 Å². The molecular formula is C13H16BrNO2. The molecule has 0 unspecified atom stereocenters. The second-order valence-corrected chi connectivity index (χ2v) is 4.62. The first-order chi connectivity index (χ1) is 8.06. The first-order valence-corrected chi connectivity index (χ1v) is 6.14. The molecule has 0 saturated heterocycles. The highest BCUT2D eigenvalue weighted by atomic mass is 79.9. The molecule has 3 nitrogen and oxygen atoms in total. The summed E-state index contributed by atoms with van der Waals surface area (Å²) in [7, 11) is 0. The molecule has 0 heterocycles. The Hall–Kier alpha value is -1.13. The van der Waals surface area contributed by atoms with Gasteiger partial charge in [0, 0.05) is 12.0 Å². The molecule has 17 heavy (non-hydrogen) atoms. The highest BCUT2D eigenvalue weighted by molar-refractivity contribution is 9.10. The zero-order valence-corrected chi connectivity index (χ0v) is 11.4. The minimum absolute atomic E-state index is 0.0140. The number of halogens is 1. The molecule has 0 spiro atoms. The van der Waals surface area contributed by atoms with Crippen LogP contribution in [-0.4, -0.2) is 18.9 Å². The van der Waals surface area contributed by atoms with Gasteiger partial charge >= 0.3 is 0 Å². The van der Waals surface area contributed by atoms with E-state index in [2.05, 4.69) is 22.5 Å². The quantitative estimate of drug-likeness (QED) is 0.649. The van der Waals surface area contributed by atoms with Crippen LogP contribution in [0.25, 0.3) is 0 Å². The molecule has 0 atom stereocenters. The summed E-state index contributed by atoms with van der Waals surface area (Å²) in [6, 6.07) is 5.37. The van der Waals surface area contributed by atoms with Crippen molar-refractivity contribution in [2.24, 2.45) is 5.73 Å². The Balaban J connectivity index is 2.90. The van der Waals surface area contributed by atoms with Gasteiger partial charge in [-0.05, 0) is 47.1 Å². The van der Waals surface area contributed by atoms with Crippen LogP contribution >= 0.6 is 15.9 Å². The summed E-state index contributed by atoms with van der Waals surface area (Å²) in [5.41, 5.74) is 6.91. The van der Waals surface area contributed by atoms with Crippen molar-refractivity contribution < 1.29 is 9.53 Å². The molecule has 0 amide bonds. The van der Waals surface area contributed by atoms with Gasteiger partial charge in [-0.2, -0.15) is 0 Å². The van der Waals surface area contributed by atoms with E-state index in [9.17, 15) is 4.79 Å². The smallest absolute Gasteiger partial charge is 0.165 e. The van der Waals surface area contributed by atoms with Gasteiger partial charge in [-0.25, -0.2) is 0 Å². The van der Waals surface area contributed by atoms with Gasteiger partial charge in [0.1, 0.15) is 12.4 Å². The SMILES string of the molecule is C=C(C)COc1cccc(C(=O)CCN)c1Br. The molecule has 0 radical (unpaired) electrons. The summed E-state index contributed by atoms with van der Waals surface area (Å²) in [6.45, 7) is 6.44. The number of ether oxygens (including phenoxy) is 1. The molecule has 2 N–H and O–H groups in total. The fourth-order valence-electron chi connectivity index (χ4n) is 1.30. The van der Waals surface area contributed by atoms with Crippen LogP contribution in [0.3, 0.4) is 0 Å². The Morgan fingerprint density at radius 1 is 1.53 bits per heavy atom. The van der Waals surface area contributed by atoms with Gasteiger partial charge in [-0.15, -0.1) is 0 Å². The minimum Gasteiger partial charge on any atom is -0.488 e. The Morgan fingerprint density at radius 2 is 2.24 bits per heavy atom. The van der Waals surface area contributed by atoms with Crippen LogP contribution in [0, 0.1) is 0 Å². The van der Waals surface area contributed by atoms with Gasteiger partial charge in [0.15, 0.2) is 5.78 Å². The molecular weight excluding hydrogens is 282 g/mol. The van der Waals surface area contributed by atoms with Crippen molar-refractivity contribution >= 4 is 21.7 Å². The average molecular weight is 298 g/mol. The topological polar surface area (TPSA) is 52.3 Å². The van der Waals surface area contributed by atoms with E-state index in [0.29, 0.717) is 35.4 Å². The van der Waals surface area contributed by atoms with E-state index in [0.717, 1.165) is 5.57 Å². The normalized spacial score (nSPS) is 10.1. The van der Waals surface area contributed by atoms with E-state index in [-0.39, 0.29) is 5.78 Å². The summed E-state index contributed by atoms with van der Waals surface area (Å²) in [6.07, 6.45) is 0.336. The molecule has 0 aliphatic rings. The predicted molar refractivity (Wildman–Crippen MR) is 72.5 cm³/mol. The third kappa shape index (κ3) is 3.98. The van der Waals surface area contributed by atoms with Gasteiger partial charge < -0.3 is 10.5 Å². The van der Waals surface area contributed by atoms with Crippen LogP contribution < -0.4 is 10.5 Å². The number of benzene rings is 1. The third-order valence-corrected chi connectivity index (χ3v) is 2.93. The Kier molecular flexibility index (Phi) is 5.38. The standard InChI is InChI=1S/C13H16BrNO2/c1-9(2)8-17-12-5-3-4-10(13(12)14)11(16)6-7-15/h3-5H,1,6-8,15H2,2H3. The number of carbonyl (C=O) groups excluding carboxylic acids is 1. The number of hydrogen-bond acceptors (Lipinski definition) is 3. The van der Waals surface area contributed by atoms with Crippen molar-refractivity contribution in [1.29, 1.82) is 0 Å². The Labute approximate surface area is 110 Å². The minimum atomic E-state index is 0.0140. The Morgan fingerprint density at radius 3 is 2.82 bits per heavy atom. The molecule has 1 rings (SSSR count). The Bertz CT molecular complexity index is 429. The van der Waals surface area contributed by atoms with Crippen molar-refractivity contribution in [3.63, 3.8) is 0 Å². The molecule has 0 aliphatic heterocycles. The van der Waals surface area contributed by atoms with E-state index in [1.165, 1.54) is 0 Å². The van der Waals surface area contributed by atoms with Crippen molar-refractivity contribution in [2.75, 3.05) is 13.2 Å². The van der Waals surface area contributed by atoms with Gasteiger partial charge in [0.2, 0.25) is 0 Å². The molecule has 0 aromatic heterocycles. The molecule has 0 fully saturated rings. The van der Waals surface area contributed by atoms with E-state index in [1.807, 2.05) is 13.0 Å². The summed E-state index contributed by atoms with van der Waals surface area (Å²) >= 11 is 3.39. The monoisotopic (exact) mass is 297 g/mol. The number of carbonyl (C=O) groups is 1. The van der Waals surface area contributed by atoms with Crippen LogP contribution in [0.5, 0.6) is 5.75 Å². The fraction of sp³-hybridized carbons (Fsp3) is 0.308. The molecule has 0 saturated carbocycles. The van der Waals surface area contributed by atoms with E-state index in [4.69, 9.17) is 10.5 Å². The summed E-state index contributed by atoms with van der Waals surface area (Å²) in [4.78, 5) is 11.8. The van der Waals surface area contributed by atoms with Crippen molar-refractivity contribution in [3.8, 4) is 5.75 Å². The lowest BCUT2D eigenvalue weighted by molar-refractivity contribution is 0.0984. The van der Waals surface area contributed by atoms with Gasteiger partial charge in [-0.1, -0.05) is 12.6 Å². The van der Waals surface area contributed by atoms with Crippen molar-refractivity contribution in [3.05, 3.63) is 40.4 Å². The number of Topliss-reactive ketones (excluding diaryl/α,β-unsaturated/α-hetero) is 1. The fourth-order valence-corrected chi connectivity index (χ4v) is 1.90. The van der Waals surface area contributed by atoms with Crippen LogP contribution in [0.4, 0.5) is 0 Å². The average Bonchev–Trinajstić information content (AvgIpc) is 2.27. The van der Waals surface area contributed by atoms with E-state index < -0.39 is 0 Å². The molecule has 0 bridgehead atoms. The van der Waals surface area contributed by atoms with Crippen LogP contribution in [0.15, 0.2) is 34.8 Å². The van der Waals surface area contributed by atoms with Crippen LogP contribution in [0.2, 0.25) is 0 Å². The van der Waals surface area contributed by atoms with Gasteiger partial charge in [-0.3, -0.25) is 4.79 Å². The molecule has 1 aromatic carbocycles. The molecule has 1 aromatic rings. The summed E-state index contributed by atoms with van der Waals surface area (Å²) in [5, 5.41) is 0. The highest BCUT2D eigenvalue weighted by Gasteiger charge is 2.12. The maximum Gasteiger partial charge on any atom is 0.165 e. The summed E-state index contributed by atoms with van der Waals surface area (Å²) in [5.74, 6) is 0.663. The molecule has 0 aliphatic carbocycles. The highest BCUT2D eigenvalue weighted by Crippen LogP contribution is 2.29. The number of hydrogen-bond donors (Lipinski definition) is 1. The number of nitrogens with two attached hydrogens (primary N) is 1. The zero-order chi connectivity index (χ0) is 12.8. The van der Waals surface area contributed by atoms with Gasteiger partial charge in [0.05, 0.1) is 4.47 Å². The maximum atomic E-state index is 11.8. The van der Waals surface area contributed by atoms with Crippen LogP contribution in [-0.2, 0) is 0 Å². The lowest BCUT2D eigenvalue weighted by Gasteiger charge is -2.10. The van der Waals surface area contributed by atoms with Crippen molar-refractivity contribution in [1.82, 2.24) is 0 Å². The number of rotatable bonds is 6. The lowest BCUT2D eigenvalue weighted by Crippen LogP contribution is -2.09. The predicted octanol–water partition coefficient (Wildman–Crippen LogP) is 2.94. The molecule has 92 valence electrons. The first-order valence-electron chi connectivity index (χ1n) is 5.35. The van der Waals surface area contributed by atoms with Gasteiger partial charge in [0.25, 0.3) is 0 Å². The largest absolute Gasteiger partial charge is 0.488 e. The second-order valence-electron chi connectivity index (χ2n) is 3.83. The van der Waals surface area contributed by atoms with Crippen molar-refractivity contribution in [2.45, 2.75) is 13.3 Å². The van der Waals surface area contributed by atoms with Crippen LogP contribution in [0.1, 0.15) is 23.7 Å². The van der Waals surface area contributed by atoms with E-state index >= 15 is 0 Å². The zero-order valence-electron chi connectivity index (χ0n) is 9.83. The maximum absolute atomic E-state index is 11.8.